The number of hydrogen-bond donors (Lipinski definition) is 2. The number of methoxy groups -OCH3 is 1. The highest BCUT2D eigenvalue weighted by atomic mass is 19.4. The number of benzene rings is 1. The second kappa shape index (κ2) is 9.60. The molecule has 3 atom stereocenters. The number of likely N-dealkylation sites (tertiary alicyclic amines) is 1. The van der Waals surface area contributed by atoms with Gasteiger partial charge in [0.05, 0.1) is 30.5 Å². The van der Waals surface area contributed by atoms with Crippen LogP contribution in [-0.2, 0) is 4.79 Å². The number of aryl methyl sites for hydroxylation is 1. The summed E-state index contributed by atoms with van der Waals surface area (Å²) in [4.78, 5) is 18.2. The van der Waals surface area contributed by atoms with Gasteiger partial charge in [-0.25, -0.2) is 4.98 Å². The van der Waals surface area contributed by atoms with Gasteiger partial charge in [0.25, 0.3) is 0 Å². The maximum atomic E-state index is 13.1. The van der Waals surface area contributed by atoms with E-state index in [4.69, 9.17) is 10.5 Å². The van der Waals surface area contributed by atoms with Gasteiger partial charge in [-0.1, -0.05) is 18.9 Å². The van der Waals surface area contributed by atoms with E-state index >= 15 is 0 Å². The van der Waals surface area contributed by atoms with Gasteiger partial charge in [0.2, 0.25) is 5.91 Å². The molecule has 0 unspecified atom stereocenters. The van der Waals surface area contributed by atoms with Crippen LogP contribution in [0.15, 0.2) is 36.9 Å². The molecule has 10 heteroatoms. The minimum absolute atomic E-state index is 0.114. The number of ether oxygens (including phenoxy) is 1. The molecule has 1 saturated heterocycles. The van der Waals surface area contributed by atoms with Gasteiger partial charge in [-0.2, -0.15) is 13.2 Å². The second-order valence-electron chi connectivity index (χ2n) is 9.15. The van der Waals surface area contributed by atoms with Gasteiger partial charge in [0.15, 0.2) is 0 Å². The summed E-state index contributed by atoms with van der Waals surface area (Å²) in [5.41, 5.74) is 8.96. The first kappa shape index (κ1) is 24.0. The SMILES string of the molecule is COc1cc(/C(N)=C/N[C@H]2C[C@H]3CCC[C@H]3CN(CC(F)(F)F)C2=O)ccc1-n1cnc(C)c1. The monoisotopic (exact) mass is 477 g/mol. The lowest BCUT2D eigenvalue weighted by Gasteiger charge is -2.27. The van der Waals surface area contributed by atoms with Crippen molar-refractivity contribution in [2.24, 2.45) is 17.6 Å². The Balaban J connectivity index is 1.53. The van der Waals surface area contributed by atoms with Crippen LogP contribution >= 0.6 is 0 Å². The predicted octanol–water partition coefficient (Wildman–Crippen LogP) is 3.62. The summed E-state index contributed by atoms with van der Waals surface area (Å²) >= 11 is 0. The Morgan fingerprint density at radius 2 is 2.09 bits per heavy atom. The van der Waals surface area contributed by atoms with E-state index in [1.165, 1.54) is 6.20 Å². The quantitative estimate of drug-likeness (QED) is 0.664. The van der Waals surface area contributed by atoms with Gasteiger partial charge in [0.1, 0.15) is 18.3 Å². The zero-order valence-electron chi connectivity index (χ0n) is 19.3. The average Bonchev–Trinajstić information content (AvgIpc) is 3.40. The Morgan fingerprint density at radius 1 is 1.32 bits per heavy atom. The van der Waals surface area contributed by atoms with Crippen molar-refractivity contribution < 1.29 is 22.7 Å². The number of aromatic nitrogens is 2. The molecule has 1 aromatic carbocycles. The van der Waals surface area contributed by atoms with Crippen LogP contribution < -0.4 is 15.8 Å². The fourth-order valence-corrected chi connectivity index (χ4v) is 5.06. The largest absolute Gasteiger partial charge is 0.495 e. The standard InChI is InChI=1S/C24H30F3N5O2/c1-15-11-32(14-30-15)21-7-6-17(9-22(21)34-2)19(28)10-29-20-8-16-4-3-5-18(16)12-31(23(20)33)13-24(25,26)27/h6-7,9-11,14,16,18,20,29H,3-5,8,12-13,28H2,1-2H3/b19-10-/t16-,18+,20+/m1/s1. The number of alkyl halides is 3. The summed E-state index contributed by atoms with van der Waals surface area (Å²) in [7, 11) is 1.56. The lowest BCUT2D eigenvalue weighted by atomic mass is 9.91. The lowest BCUT2D eigenvalue weighted by molar-refractivity contribution is -0.162. The number of fused-ring (bicyclic) bond motifs is 1. The maximum absolute atomic E-state index is 13.1. The van der Waals surface area contributed by atoms with Crippen LogP contribution in [-0.4, -0.2) is 52.8 Å². The Hall–Kier alpha value is -3.17. The van der Waals surface area contributed by atoms with E-state index in [0.717, 1.165) is 35.5 Å². The van der Waals surface area contributed by atoms with Gasteiger partial charge < -0.3 is 25.3 Å². The van der Waals surface area contributed by atoms with Crippen molar-refractivity contribution in [1.82, 2.24) is 19.8 Å². The van der Waals surface area contributed by atoms with Gasteiger partial charge in [-0.3, -0.25) is 4.79 Å². The second-order valence-corrected chi connectivity index (χ2v) is 9.15. The smallest absolute Gasteiger partial charge is 0.406 e. The van der Waals surface area contributed by atoms with E-state index in [0.29, 0.717) is 23.4 Å². The van der Waals surface area contributed by atoms with Crippen LogP contribution in [0, 0.1) is 18.8 Å². The minimum atomic E-state index is -4.43. The molecule has 0 bridgehead atoms. The van der Waals surface area contributed by atoms with Crippen LogP contribution in [0.3, 0.4) is 0 Å². The zero-order valence-corrected chi connectivity index (χ0v) is 19.3. The van der Waals surface area contributed by atoms with E-state index in [1.807, 2.05) is 29.8 Å². The Kier molecular flexibility index (Phi) is 6.77. The van der Waals surface area contributed by atoms with Crippen LogP contribution in [0.2, 0.25) is 0 Å². The van der Waals surface area contributed by atoms with Gasteiger partial charge in [-0.15, -0.1) is 0 Å². The molecule has 2 heterocycles. The molecule has 3 N–H and O–H groups in total. The molecule has 4 rings (SSSR count). The molecular weight excluding hydrogens is 447 g/mol. The third-order valence-electron chi connectivity index (χ3n) is 6.73. The molecule has 1 aliphatic carbocycles. The summed E-state index contributed by atoms with van der Waals surface area (Å²) in [5.74, 6) is 0.400. The Bertz CT molecular complexity index is 1070. The fourth-order valence-electron chi connectivity index (χ4n) is 5.06. The van der Waals surface area contributed by atoms with Crippen molar-refractivity contribution in [3.63, 3.8) is 0 Å². The van der Waals surface area contributed by atoms with E-state index in [1.54, 1.807) is 19.5 Å². The number of halogens is 3. The molecule has 2 fully saturated rings. The van der Waals surface area contributed by atoms with Crippen LogP contribution in [0.25, 0.3) is 11.4 Å². The van der Waals surface area contributed by atoms with Gasteiger partial charge in [-0.05, 0) is 43.7 Å². The van der Waals surface area contributed by atoms with Crippen molar-refractivity contribution in [1.29, 1.82) is 0 Å². The highest BCUT2D eigenvalue weighted by Crippen LogP contribution is 2.38. The molecule has 0 spiro atoms. The number of imidazole rings is 1. The third kappa shape index (κ3) is 5.31. The fraction of sp³-hybridized carbons (Fsp3) is 0.500. The van der Waals surface area contributed by atoms with Crippen LogP contribution in [0.5, 0.6) is 5.75 Å². The topological polar surface area (TPSA) is 85.4 Å². The van der Waals surface area contributed by atoms with E-state index < -0.39 is 24.7 Å². The molecular formula is C24H30F3N5O2. The molecule has 1 aromatic heterocycles. The summed E-state index contributed by atoms with van der Waals surface area (Å²) in [6.45, 7) is 0.827. The summed E-state index contributed by atoms with van der Waals surface area (Å²) in [6.07, 6.45) is 3.92. The average molecular weight is 478 g/mol. The molecule has 1 aliphatic heterocycles. The molecule has 7 nitrogen and oxygen atoms in total. The first-order valence-corrected chi connectivity index (χ1v) is 11.4. The lowest BCUT2D eigenvalue weighted by Crippen LogP contribution is -2.47. The number of rotatable bonds is 6. The van der Waals surface area contributed by atoms with Crippen molar-refractivity contribution in [3.8, 4) is 11.4 Å². The van der Waals surface area contributed by atoms with Crippen molar-refractivity contribution in [2.45, 2.75) is 44.8 Å². The summed E-state index contributed by atoms with van der Waals surface area (Å²) < 4.78 is 46.7. The van der Waals surface area contributed by atoms with Crippen LogP contribution in [0.1, 0.15) is 36.9 Å². The summed E-state index contributed by atoms with van der Waals surface area (Å²) in [5, 5.41) is 3.02. The van der Waals surface area contributed by atoms with Gasteiger partial charge >= 0.3 is 6.18 Å². The predicted molar refractivity (Wildman–Crippen MR) is 122 cm³/mol. The molecule has 184 valence electrons. The number of amides is 1. The first-order chi connectivity index (χ1) is 16.1. The zero-order chi connectivity index (χ0) is 24.5. The highest BCUT2D eigenvalue weighted by Gasteiger charge is 2.42. The van der Waals surface area contributed by atoms with Crippen molar-refractivity contribution in [3.05, 3.63) is 48.2 Å². The first-order valence-electron chi connectivity index (χ1n) is 11.4. The van der Waals surface area contributed by atoms with E-state index in [-0.39, 0.29) is 18.4 Å². The number of nitrogens with zero attached hydrogens (tertiary/aromatic N) is 3. The molecule has 0 radical (unpaired) electrons. The molecule has 2 aromatic rings. The summed E-state index contributed by atoms with van der Waals surface area (Å²) in [6, 6.07) is 4.69. The van der Waals surface area contributed by atoms with Crippen molar-refractivity contribution in [2.75, 3.05) is 20.2 Å². The molecule has 34 heavy (non-hydrogen) atoms. The maximum Gasteiger partial charge on any atom is 0.406 e. The van der Waals surface area contributed by atoms with E-state index in [9.17, 15) is 18.0 Å². The van der Waals surface area contributed by atoms with E-state index in [2.05, 4.69) is 10.3 Å². The Labute approximate surface area is 196 Å². The third-order valence-corrected chi connectivity index (χ3v) is 6.73. The molecule has 1 amide bonds. The molecule has 1 saturated carbocycles. The van der Waals surface area contributed by atoms with Crippen LogP contribution in [0.4, 0.5) is 13.2 Å². The number of nitrogens with two attached hydrogens (primary N) is 1. The molecule has 2 aliphatic rings. The number of carbonyl (C=O) groups excluding carboxylic acids is 1. The number of carbonyl (C=O) groups is 1. The minimum Gasteiger partial charge on any atom is -0.495 e. The number of nitrogens with one attached hydrogen (secondary N) is 1. The number of hydrogen-bond acceptors (Lipinski definition) is 5. The van der Waals surface area contributed by atoms with Gasteiger partial charge in [0, 0.05) is 24.5 Å². The Morgan fingerprint density at radius 3 is 2.76 bits per heavy atom. The normalized spacial score (nSPS) is 23.6. The highest BCUT2D eigenvalue weighted by molar-refractivity contribution is 5.83. The van der Waals surface area contributed by atoms with Crippen molar-refractivity contribution >= 4 is 11.6 Å².